The summed E-state index contributed by atoms with van der Waals surface area (Å²) in [5.74, 6) is 0.685. The fourth-order valence-electron chi connectivity index (χ4n) is 3.38. The van der Waals surface area contributed by atoms with Crippen molar-refractivity contribution in [1.82, 2.24) is 19.2 Å². The molecule has 0 aliphatic carbocycles. The van der Waals surface area contributed by atoms with Crippen molar-refractivity contribution in [2.75, 3.05) is 0 Å². The molecule has 0 bridgehead atoms. The lowest BCUT2D eigenvalue weighted by Gasteiger charge is -2.08. The molecule has 7 nitrogen and oxygen atoms in total. The highest BCUT2D eigenvalue weighted by molar-refractivity contribution is 7.19. The minimum atomic E-state index is -0.400. The Labute approximate surface area is 168 Å². The Morgan fingerprint density at radius 1 is 1.14 bits per heavy atom. The van der Waals surface area contributed by atoms with Crippen molar-refractivity contribution in [2.45, 2.75) is 20.4 Å². The molecule has 5 aromatic rings. The average Bonchev–Trinajstić information content (AvgIpc) is 3.45. The van der Waals surface area contributed by atoms with Gasteiger partial charge in [0.05, 0.1) is 18.2 Å². The number of Topliss-reactive ketones (excluding diaryl/α,β-unsaturated/α-hetero) is 1. The highest BCUT2D eigenvalue weighted by Gasteiger charge is 2.22. The van der Waals surface area contributed by atoms with Crippen molar-refractivity contribution >= 4 is 33.0 Å². The van der Waals surface area contributed by atoms with Crippen LogP contribution in [-0.2, 0) is 6.54 Å². The molecule has 29 heavy (non-hydrogen) atoms. The topological polar surface area (TPSA) is 82.4 Å². The first-order chi connectivity index (χ1) is 14.0. The number of furan rings is 1. The molecular formula is C21H16N4O3S. The van der Waals surface area contributed by atoms with Gasteiger partial charge in [0.15, 0.2) is 17.2 Å². The second-order valence-corrected chi connectivity index (χ2v) is 7.97. The van der Waals surface area contributed by atoms with E-state index in [4.69, 9.17) is 4.42 Å². The number of ketones is 1. The number of carbonyl (C=O) groups excluding carboxylic acids is 1. The summed E-state index contributed by atoms with van der Waals surface area (Å²) in [5, 5.41) is 5.20. The molecule has 4 aromatic heterocycles. The van der Waals surface area contributed by atoms with Crippen molar-refractivity contribution in [1.29, 1.82) is 0 Å². The first kappa shape index (κ1) is 17.6. The highest BCUT2D eigenvalue weighted by atomic mass is 32.1. The van der Waals surface area contributed by atoms with Gasteiger partial charge in [-0.05, 0) is 31.5 Å². The minimum Gasteiger partial charge on any atom is -0.461 e. The molecule has 8 heteroatoms. The zero-order valence-corrected chi connectivity index (χ0v) is 16.6. The number of hydrogen-bond acceptors (Lipinski definition) is 6. The van der Waals surface area contributed by atoms with Crippen molar-refractivity contribution in [3.8, 4) is 11.6 Å². The van der Waals surface area contributed by atoms with E-state index in [1.165, 1.54) is 26.7 Å². The standard InChI is InChI=1S/C21H16N4O3S/c1-12-13(2)29-20-17(12)19-22-18(16-9-6-10-28-16)23-25(19)21(27)24(20)11-15(26)14-7-4-3-5-8-14/h3-10H,11H2,1-2H3. The third-order valence-electron chi connectivity index (χ3n) is 4.99. The van der Waals surface area contributed by atoms with Gasteiger partial charge in [0.2, 0.25) is 5.82 Å². The molecule has 4 heterocycles. The zero-order chi connectivity index (χ0) is 20.1. The van der Waals surface area contributed by atoms with Gasteiger partial charge < -0.3 is 4.42 Å². The fourth-order valence-corrected chi connectivity index (χ4v) is 4.52. The first-order valence-electron chi connectivity index (χ1n) is 9.06. The molecule has 0 saturated carbocycles. The molecule has 5 rings (SSSR count). The Hall–Kier alpha value is -3.52. The van der Waals surface area contributed by atoms with Crippen LogP contribution in [0.25, 0.3) is 27.4 Å². The summed E-state index contributed by atoms with van der Waals surface area (Å²) in [6, 6.07) is 12.5. The summed E-state index contributed by atoms with van der Waals surface area (Å²) < 4.78 is 8.14. The van der Waals surface area contributed by atoms with E-state index >= 15 is 0 Å². The maximum atomic E-state index is 13.3. The van der Waals surface area contributed by atoms with Gasteiger partial charge in [0.25, 0.3) is 0 Å². The predicted molar refractivity (Wildman–Crippen MR) is 111 cm³/mol. The van der Waals surface area contributed by atoms with E-state index in [0.717, 1.165) is 20.7 Å². The van der Waals surface area contributed by atoms with Crippen molar-refractivity contribution in [2.24, 2.45) is 0 Å². The summed E-state index contributed by atoms with van der Waals surface area (Å²) in [7, 11) is 0. The molecule has 0 N–H and O–H groups in total. The van der Waals surface area contributed by atoms with Gasteiger partial charge in [-0.3, -0.25) is 9.36 Å². The Balaban J connectivity index is 1.77. The van der Waals surface area contributed by atoms with Gasteiger partial charge in [0, 0.05) is 10.4 Å². The van der Waals surface area contributed by atoms with E-state index in [-0.39, 0.29) is 12.3 Å². The molecule has 0 spiro atoms. The van der Waals surface area contributed by atoms with Gasteiger partial charge in [-0.1, -0.05) is 30.3 Å². The van der Waals surface area contributed by atoms with E-state index < -0.39 is 5.69 Å². The molecule has 0 amide bonds. The molecular weight excluding hydrogens is 388 g/mol. The molecule has 0 aliphatic heterocycles. The van der Waals surface area contributed by atoms with Crippen LogP contribution in [0.2, 0.25) is 0 Å². The number of carbonyl (C=O) groups is 1. The molecule has 0 atom stereocenters. The minimum absolute atomic E-state index is 0.0649. The number of nitrogens with zero attached hydrogens (tertiary/aromatic N) is 4. The van der Waals surface area contributed by atoms with Crippen LogP contribution >= 0.6 is 11.3 Å². The van der Waals surface area contributed by atoms with Gasteiger partial charge in [0.1, 0.15) is 4.83 Å². The Morgan fingerprint density at radius 2 is 1.93 bits per heavy atom. The first-order valence-corrected chi connectivity index (χ1v) is 9.87. The van der Waals surface area contributed by atoms with E-state index in [2.05, 4.69) is 10.1 Å². The smallest absolute Gasteiger partial charge is 0.352 e. The summed E-state index contributed by atoms with van der Waals surface area (Å²) in [6.07, 6.45) is 1.54. The quantitative estimate of drug-likeness (QED) is 0.425. The number of aryl methyl sites for hydroxylation is 2. The molecule has 0 saturated heterocycles. The van der Waals surface area contributed by atoms with Crippen LogP contribution in [0.3, 0.4) is 0 Å². The normalized spacial score (nSPS) is 11.5. The number of benzene rings is 1. The molecule has 0 aliphatic rings. The highest BCUT2D eigenvalue weighted by Crippen LogP contribution is 2.32. The number of thiophene rings is 1. The van der Waals surface area contributed by atoms with Gasteiger partial charge >= 0.3 is 5.69 Å². The Morgan fingerprint density at radius 3 is 2.66 bits per heavy atom. The van der Waals surface area contributed by atoms with Crippen molar-refractivity contribution in [3.63, 3.8) is 0 Å². The van der Waals surface area contributed by atoms with Crippen molar-refractivity contribution < 1.29 is 9.21 Å². The average molecular weight is 404 g/mol. The SMILES string of the molecule is Cc1sc2c(c1C)c1nc(-c3ccco3)nn1c(=O)n2CC(=O)c1ccccc1. The summed E-state index contributed by atoms with van der Waals surface area (Å²) in [5.41, 5.74) is 1.66. The monoisotopic (exact) mass is 404 g/mol. The number of rotatable bonds is 4. The third-order valence-corrected chi connectivity index (χ3v) is 6.22. The Kier molecular flexibility index (Phi) is 3.95. The number of aromatic nitrogens is 4. The van der Waals surface area contributed by atoms with Crippen LogP contribution < -0.4 is 5.69 Å². The van der Waals surface area contributed by atoms with Crippen molar-refractivity contribution in [3.05, 3.63) is 75.2 Å². The predicted octanol–water partition coefficient (Wildman–Crippen LogP) is 3.87. The molecule has 144 valence electrons. The molecule has 0 fully saturated rings. The lowest BCUT2D eigenvalue weighted by Crippen LogP contribution is -2.30. The van der Waals surface area contributed by atoms with E-state index in [1.807, 2.05) is 19.9 Å². The third kappa shape index (κ3) is 2.72. The fraction of sp³-hybridized carbons (Fsp3) is 0.143. The van der Waals surface area contributed by atoms with Crippen LogP contribution in [-0.4, -0.2) is 24.9 Å². The second kappa shape index (κ2) is 6.52. The van der Waals surface area contributed by atoms with Crippen LogP contribution in [0.4, 0.5) is 0 Å². The lowest BCUT2D eigenvalue weighted by molar-refractivity contribution is 0.0972. The van der Waals surface area contributed by atoms with Crippen LogP contribution in [0, 0.1) is 13.8 Å². The van der Waals surface area contributed by atoms with Gasteiger partial charge in [-0.15, -0.1) is 16.4 Å². The lowest BCUT2D eigenvalue weighted by atomic mass is 10.1. The van der Waals surface area contributed by atoms with E-state index in [0.29, 0.717) is 22.8 Å². The second-order valence-electron chi connectivity index (χ2n) is 6.77. The molecule has 0 unspecified atom stereocenters. The Bertz CT molecular complexity index is 1430. The maximum Gasteiger partial charge on any atom is 0.352 e. The molecule has 1 aromatic carbocycles. The summed E-state index contributed by atoms with van der Waals surface area (Å²) in [4.78, 5) is 32.4. The largest absolute Gasteiger partial charge is 0.461 e. The summed E-state index contributed by atoms with van der Waals surface area (Å²) in [6.45, 7) is 3.92. The van der Waals surface area contributed by atoms with Gasteiger partial charge in [-0.25, -0.2) is 9.78 Å². The van der Waals surface area contributed by atoms with Crippen LogP contribution in [0.5, 0.6) is 0 Å². The van der Waals surface area contributed by atoms with E-state index in [9.17, 15) is 9.59 Å². The summed E-state index contributed by atoms with van der Waals surface area (Å²) >= 11 is 1.48. The van der Waals surface area contributed by atoms with Crippen LogP contribution in [0.1, 0.15) is 20.8 Å². The zero-order valence-electron chi connectivity index (χ0n) is 15.7. The molecule has 0 radical (unpaired) electrons. The van der Waals surface area contributed by atoms with Gasteiger partial charge in [-0.2, -0.15) is 4.52 Å². The van der Waals surface area contributed by atoms with Crippen LogP contribution in [0.15, 0.2) is 57.9 Å². The number of fused-ring (bicyclic) bond motifs is 3. The maximum absolute atomic E-state index is 13.3. The van der Waals surface area contributed by atoms with E-state index in [1.54, 1.807) is 36.4 Å². The number of hydrogen-bond donors (Lipinski definition) is 0.